The van der Waals surface area contributed by atoms with Crippen LogP contribution in [0.15, 0.2) is 223 Å². The van der Waals surface area contributed by atoms with E-state index in [4.69, 9.17) is 24.4 Å². The zero-order chi connectivity index (χ0) is 42.8. The van der Waals surface area contributed by atoms with E-state index in [1.807, 2.05) is 54.6 Å². The molecule has 0 amide bonds. The topological polar surface area (TPSA) is 74.6 Å². The van der Waals surface area contributed by atoms with Crippen molar-refractivity contribution in [2.45, 2.75) is 0 Å². The van der Waals surface area contributed by atoms with Gasteiger partial charge in [0.05, 0.1) is 27.6 Å². The van der Waals surface area contributed by atoms with Gasteiger partial charge in [0.2, 0.25) is 11.8 Å². The van der Waals surface area contributed by atoms with Crippen molar-refractivity contribution in [2.75, 3.05) is 0 Å². The number of fused-ring (bicyclic) bond motifs is 8. The van der Waals surface area contributed by atoms with Gasteiger partial charge in [-0.2, -0.15) is 9.97 Å². The molecule has 65 heavy (non-hydrogen) atoms. The second-order valence-electron chi connectivity index (χ2n) is 16.2. The molecule has 7 nitrogen and oxygen atoms in total. The van der Waals surface area contributed by atoms with Crippen LogP contribution in [0.25, 0.3) is 123 Å². The maximum Gasteiger partial charge on any atom is 0.238 e. The molecule has 0 N–H and O–H groups in total. The molecular formula is C58H36N6O. The molecule has 0 atom stereocenters. The van der Waals surface area contributed by atoms with Gasteiger partial charge in [0.15, 0.2) is 17.2 Å². The summed E-state index contributed by atoms with van der Waals surface area (Å²) in [5, 5.41) is 4.48. The van der Waals surface area contributed by atoms with Gasteiger partial charge in [0.25, 0.3) is 0 Å². The molecule has 0 fully saturated rings. The molecule has 9 aromatic carbocycles. The monoisotopic (exact) mass is 832 g/mol. The van der Waals surface area contributed by atoms with E-state index < -0.39 is 0 Å². The van der Waals surface area contributed by atoms with E-state index in [9.17, 15) is 0 Å². The Hall–Kier alpha value is -8.94. The molecule has 4 aromatic heterocycles. The van der Waals surface area contributed by atoms with Gasteiger partial charge in [-0.1, -0.05) is 170 Å². The fraction of sp³-hybridized carbons (Fsp3) is 0. The Kier molecular flexibility index (Phi) is 8.39. The molecule has 0 bridgehead atoms. The first-order chi connectivity index (χ1) is 32.2. The van der Waals surface area contributed by atoms with Gasteiger partial charge < -0.3 is 8.98 Å². The van der Waals surface area contributed by atoms with Crippen molar-refractivity contribution >= 4 is 54.7 Å². The van der Waals surface area contributed by atoms with Crippen LogP contribution in [-0.2, 0) is 0 Å². The van der Waals surface area contributed by atoms with Crippen molar-refractivity contribution in [1.82, 2.24) is 29.1 Å². The number of benzene rings is 9. The van der Waals surface area contributed by atoms with Gasteiger partial charge in [-0.05, 0) is 70.8 Å². The highest BCUT2D eigenvalue weighted by Gasteiger charge is 2.25. The maximum absolute atomic E-state index is 6.60. The highest BCUT2D eigenvalue weighted by atomic mass is 16.3. The lowest BCUT2D eigenvalue weighted by Crippen LogP contribution is -2.07. The zero-order valence-corrected chi connectivity index (χ0v) is 34.9. The van der Waals surface area contributed by atoms with Gasteiger partial charge in [-0.25, -0.2) is 9.97 Å². The van der Waals surface area contributed by atoms with Crippen LogP contribution in [0.5, 0.6) is 0 Å². The Balaban J connectivity index is 1.11. The third-order valence-corrected chi connectivity index (χ3v) is 12.4. The number of hydrogen-bond acceptors (Lipinski definition) is 5. The Morgan fingerprint density at radius 2 is 0.862 bits per heavy atom. The van der Waals surface area contributed by atoms with Crippen LogP contribution in [0.1, 0.15) is 0 Å². The quantitative estimate of drug-likeness (QED) is 0.160. The minimum Gasteiger partial charge on any atom is -0.435 e. The SMILES string of the molecule is c1ccc(-c2ccc(-c3nc(-c4cccc5nc(-c6ccccc6)oc45)nc(-n4c5ccccc5c5ccc6c7ccccc7n(-c7cccc(-c8ccccc8)c7)c6c54)n3)cc2)cc1. The Bertz CT molecular complexity index is 3930. The average Bonchev–Trinajstić information content (AvgIpc) is 4.08. The molecule has 0 aliphatic carbocycles. The summed E-state index contributed by atoms with van der Waals surface area (Å²) in [5.74, 6) is 2.05. The van der Waals surface area contributed by atoms with E-state index in [2.05, 4.69) is 173 Å². The lowest BCUT2D eigenvalue weighted by molar-refractivity contribution is 0.620. The van der Waals surface area contributed by atoms with Crippen LogP contribution >= 0.6 is 0 Å². The highest BCUT2D eigenvalue weighted by molar-refractivity contribution is 6.23. The molecule has 0 aliphatic rings. The molecular weight excluding hydrogens is 797 g/mol. The highest BCUT2D eigenvalue weighted by Crippen LogP contribution is 2.42. The third-order valence-electron chi connectivity index (χ3n) is 12.4. The lowest BCUT2D eigenvalue weighted by atomic mass is 10.0. The van der Waals surface area contributed by atoms with E-state index in [-0.39, 0.29) is 0 Å². The smallest absolute Gasteiger partial charge is 0.238 e. The van der Waals surface area contributed by atoms with Crippen molar-refractivity contribution in [3.8, 4) is 68.1 Å². The van der Waals surface area contributed by atoms with Crippen molar-refractivity contribution in [2.24, 2.45) is 0 Å². The number of oxazole rings is 1. The largest absolute Gasteiger partial charge is 0.435 e. The minimum atomic E-state index is 0.479. The van der Waals surface area contributed by atoms with Crippen molar-refractivity contribution < 1.29 is 4.42 Å². The van der Waals surface area contributed by atoms with Crippen LogP contribution in [-0.4, -0.2) is 29.1 Å². The summed E-state index contributed by atoms with van der Waals surface area (Å²) in [6, 6.07) is 75.8. The number of aromatic nitrogens is 6. The van der Waals surface area contributed by atoms with Crippen molar-refractivity contribution in [3.05, 3.63) is 218 Å². The maximum atomic E-state index is 6.60. The Labute approximate surface area is 373 Å². The molecule has 0 saturated heterocycles. The number of rotatable bonds is 7. The fourth-order valence-corrected chi connectivity index (χ4v) is 9.42. The van der Waals surface area contributed by atoms with E-state index in [1.165, 1.54) is 0 Å². The van der Waals surface area contributed by atoms with Crippen LogP contribution in [0.2, 0.25) is 0 Å². The molecule has 0 spiro atoms. The van der Waals surface area contributed by atoms with Crippen LogP contribution in [0, 0.1) is 0 Å². The Morgan fingerprint density at radius 3 is 1.55 bits per heavy atom. The molecule has 7 heteroatoms. The van der Waals surface area contributed by atoms with Crippen molar-refractivity contribution in [1.29, 1.82) is 0 Å². The fourth-order valence-electron chi connectivity index (χ4n) is 9.42. The summed E-state index contributed by atoms with van der Waals surface area (Å²) in [4.78, 5) is 21.0. The minimum absolute atomic E-state index is 0.479. The first kappa shape index (κ1) is 36.7. The zero-order valence-electron chi connectivity index (χ0n) is 34.9. The normalized spacial score (nSPS) is 11.7. The van der Waals surface area contributed by atoms with Gasteiger partial charge in [-0.15, -0.1) is 0 Å². The average molecular weight is 833 g/mol. The summed E-state index contributed by atoms with van der Waals surface area (Å²) in [6.45, 7) is 0. The summed E-state index contributed by atoms with van der Waals surface area (Å²) in [7, 11) is 0. The number of nitrogens with zero attached hydrogens (tertiary/aromatic N) is 6. The van der Waals surface area contributed by atoms with Crippen LogP contribution in [0.4, 0.5) is 0 Å². The predicted molar refractivity (Wildman–Crippen MR) is 263 cm³/mol. The molecule has 0 radical (unpaired) electrons. The van der Waals surface area contributed by atoms with Gasteiger partial charge in [0.1, 0.15) is 5.52 Å². The summed E-state index contributed by atoms with van der Waals surface area (Å²) in [5.41, 5.74) is 13.6. The van der Waals surface area contributed by atoms with Crippen molar-refractivity contribution in [3.63, 3.8) is 0 Å². The van der Waals surface area contributed by atoms with Gasteiger partial charge >= 0.3 is 0 Å². The van der Waals surface area contributed by atoms with Gasteiger partial charge in [0, 0.05) is 38.4 Å². The summed E-state index contributed by atoms with van der Waals surface area (Å²) < 4.78 is 11.2. The molecule has 0 saturated carbocycles. The van der Waals surface area contributed by atoms with E-state index in [1.54, 1.807) is 0 Å². The van der Waals surface area contributed by atoms with E-state index >= 15 is 0 Å². The summed E-state index contributed by atoms with van der Waals surface area (Å²) >= 11 is 0. The third kappa shape index (κ3) is 6.05. The molecule has 304 valence electrons. The first-order valence-corrected chi connectivity index (χ1v) is 21.7. The van der Waals surface area contributed by atoms with Gasteiger partial charge in [-0.3, -0.25) is 4.57 Å². The Morgan fingerprint density at radius 1 is 0.338 bits per heavy atom. The molecule has 13 aromatic rings. The standard InChI is InChI=1S/C58H36N6O/c1-4-16-37(17-5-1)39-30-32-40(33-31-39)55-60-56(48-26-15-27-49-54(48)65-57(59-49)41-20-8-3-9-21-41)62-58(61-55)64-51-29-13-11-25-45(51)47-35-34-46-44-24-10-12-28-50(44)63(52(46)53(47)64)43-23-14-22-42(36-43)38-18-6-2-7-19-38/h1-36H. The van der Waals surface area contributed by atoms with Crippen LogP contribution in [0.3, 0.4) is 0 Å². The predicted octanol–water partition coefficient (Wildman–Crippen LogP) is 14.5. The molecule has 0 unspecified atom stereocenters. The number of para-hydroxylation sites is 3. The van der Waals surface area contributed by atoms with E-state index in [0.29, 0.717) is 29.1 Å². The van der Waals surface area contributed by atoms with Crippen LogP contribution < -0.4 is 0 Å². The lowest BCUT2D eigenvalue weighted by Gasteiger charge is -2.14. The molecule has 13 rings (SSSR count). The molecule has 0 aliphatic heterocycles. The second-order valence-corrected chi connectivity index (χ2v) is 16.2. The van der Waals surface area contributed by atoms with E-state index in [0.717, 1.165) is 93.8 Å². The molecule has 4 heterocycles. The first-order valence-electron chi connectivity index (χ1n) is 21.7. The number of hydrogen-bond donors (Lipinski definition) is 0. The second kappa shape index (κ2) is 14.9. The summed E-state index contributed by atoms with van der Waals surface area (Å²) in [6.07, 6.45) is 0.